The standard InChI is InChI=1S/C34H27N2O6/c1-37-30-11-8-22-16-28-25-18-32-31(40-20-41-32)17-23(25)12-13-36(28)19-26(22)33(30)39-15-14-38-24-9-6-21(7-10-24)34-35-27-4-2-3-5-29(27)42-34/h2-11,16-19H,12-15,20H2,1H3/q+1. The number of aromatic nitrogens is 2. The van der Waals surface area contributed by atoms with E-state index in [4.69, 9.17) is 28.1 Å². The summed E-state index contributed by atoms with van der Waals surface area (Å²) in [5.41, 5.74) is 6.08. The van der Waals surface area contributed by atoms with Crippen molar-refractivity contribution in [2.24, 2.45) is 0 Å². The van der Waals surface area contributed by atoms with Crippen LogP contribution in [0.2, 0.25) is 0 Å². The summed E-state index contributed by atoms with van der Waals surface area (Å²) in [5, 5.41) is 2.06. The average Bonchev–Trinajstić information content (AvgIpc) is 3.68. The van der Waals surface area contributed by atoms with Crippen LogP contribution in [0, 0.1) is 0 Å². The molecule has 0 saturated heterocycles. The highest BCUT2D eigenvalue weighted by molar-refractivity contribution is 5.91. The summed E-state index contributed by atoms with van der Waals surface area (Å²) >= 11 is 0. The van der Waals surface area contributed by atoms with Gasteiger partial charge < -0.3 is 28.1 Å². The minimum absolute atomic E-state index is 0.269. The Hall–Kier alpha value is -5.24. The Balaban J connectivity index is 0.996. The summed E-state index contributed by atoms with van der Waals surface area (Å²) in [6, 6.07) is 25.9. The van der Waals surface area contributed by atoms with Gasteiger partial charge in [-0.3, -0.25) is 0 Å². The molecule has 4 heterocycles. The summed E-state index contributed by atoms with van der Waals surface area (Å²) < 4.78 is 37.3. The molecule has 0 amide bonds. The number of nitrogens with zero attached hydrogens (tertiary/aromatic N) is 2. The van der Waals surface area contributed by atoms with E-state index in [1.165, 1.54) is 11.1 Å². The molecule has 0 saturated carbocycles. The minimum Gasteiger partial charge on any atom is -0.493 e. The van der Waals surface area contributed by atoms with Crippen molar-refractivity contribution >= 4 is 21.9 Å². The van der Waals surface area contributed by atoms with Crippen LogP contribution >= 0.6 is 0 Å². The Labute approximate surface area is 241 Å². The zero-order chi connectivity index (χ0) is 28.0. The van der Waals surface area contributed by atoms with Crippen LogP contribution in [-0.4, -0.2) is 32.1 Å². The maximum absolute atomic E-state index is 6.29. The van der Waals surface area contributed by atoms with Gasteiger partial charge in [0.05, 0.1) is 18.1 Å². The van der Waals surface area contributed by atoms with Crippen LogP contribution in [0.15, 0.2) is 89.5 Å². The summed E-state index contributed by atoms with van der Waals surface area (Å²) in [5.74, 6) is 4.34. The number of rotatable bonds is 7. The average molecular weight is 560 g/mol. The molecule has 2 aliphatic rings. The van der Waals surface area contributed by atoms with Crippen molar-refractivity contribution in [2.45, 2.75) is 13.0 Å². The second-order valence-electron chi connectivity index (χ2n) is 10.3. The van der Waals surface area contributed by atoms with Crippen molar-refractivity contribution in [3.8, 4) is 51.5 Å². The molecule has 0 N–H and O–H groups in total. The summed E-state index contributed by atoms with van der Waals surface area (Å²) in [6.45, 7) is 1.86. The molecule has 8 nitrogen and oxygen atoms in total. The van der Waals surface area contributed by atoms with E-state index >= 15 is 0 Å². The molecule has 2 aliphatic heterocycles. The van der Waals surface area contributed by atoms with Crippen molar-refractivity contribution in [3.63, 3.8) is 0 Å². The van der Waals surface area contributed by atoms with Gasteiger partial charge in [0, 0.05) is 18.1 Å². The fourth-order valence-electron chi connectivity index (χ4n) is 5.70. The van der Waals surface area contributed by atoms with Gasteiger partial charge in [0.25, 0.3) is 0 Å². The number of hydrogen-bond donors (Lipinski definition) is 0. The lowest BCUT2D eigenvalue weighted by atomic mass is 9.95. The Morgan fingerprint density at radius 2 is 1.71 bits per heavy atom. The lowest BCUT2D eigenvalue weighted by Gasteiger charge is -2.18. The molecular formula is C34H27N2O6+. The number of benzene rings is 4. The fourth-order valence-corrected chi connectivity index (χ4v) is 5.70. The highest BCUT2D eigenvalue weighted by Gasteiger charge is 2.28. The maximum atomic E-state index is 6.29. The minimum atomic E-state index is 0.269. The van der Waals surface area contributed by atoms with Gasteiger partial charge in [-0.2, -0.15) is 4.57 Å². The van der Waals surface area contributed by atoms with E-state index in [-0.39, 0.29) is 6.79 Å². The first-order chi connectivity index (χ1) is 20.7. The van der Waals surface area contributed by atoms with Crippen LogP contribution < -0.4 is 28.3 Å². The topological polar surface area (TPSA) is 76.1 Å². The third-order valence-corrected chi connectivity index (χ3v) is 7.79. The molecule has 4 aromatic carbocycles. The second kappa shape index (κ2) is 9.99. The van der Waals surface area contributed by atoms with Gasteiger partial charge in [-0.1, -0.05) is 12.1 Å². The van der Waals surface area contributed by atoms with Crippen LogP contribution in [0.1, 0.15) is 5.56 Å². The molecule has 0 atom stereocenters. The Bertz CT molecular complexity index is 1930. The Morgan fingerprint density at radius 3 is 2.57 bits per heavy atom. The van der Waals surface area contributed by atoms with E-state index in [2.05, 4.69) is 40.0 Å². The molecule has 2 aromatic heterocycles. The van der Waals surface area contributed by atoms with Crippen molar-refractivity contribution in [1.82, 2.24) is 4.98 Å². The van der Waals surface area contributed by atoms with Gasteiger partial charge in [0.2, 0.25) is 18.4 Å². The molecule has 6 aromatic rings. The summed E-state index contributed by atoms with van der Waals surface area (Å²) in [4.78, 5) is 4.56. The number of aryl methyl sites for hydroxylation is 2. The predicted octanol–water partition coefficient (Wildman–Crippen LogP) is 6.35. The quantitative estimate of drug-likeness (QED) is 0.167. The van der Waals surface area contributed by atoms with Crippen LogP contribution in [0.3, 0.4) is 0 Å². The molecule has 42 heavy (non-hydrogen) atoms. The van der Waals surface area contributed by atoms with E-state index in [1.54, 1.807) is 7.11 Å². The van der Waals surface area contributed by atoms with Gasteiger partial charge >= 0.3 is 0 Å². The molecular weight excluding hydrogens is 532 g/mol. The van der Waals surface area contributed by atoms with Crippen LogP contribution in [0.5, 0.6) is 28.7 Å². The molecule has 0 aliphatic carbocycles. The lowest BCUT2D eigenvalue weighted by Crippen LogP contribution is -2.40. The van der Waals surface area contributed by atoms with E-state index < -0.39 is 0 Å². The predicted molar refractivity (Wildman–Crippen MR) is 156 cm³/mol. The highest BCUT2D eigenvalue weighted by atomic mass is 16.7. The lowest BCUT2D eigenvalue weighted by molar-refractivity contribution is -0.686. The first-order valence-corrected chi connectivity index (χ1v) is 13.9. The van der Waals surface area contributed by atoms with Crippen LogP contribution in [0.25, 0.3) is 44.6 Å². The van der Waals surface area contributed by atoms with Crippen LogP contribution in [0.4, 0.5) is 0 Å². The number of para-hydroxylation sites is 2. The van der Waals surface area contributed by atoms with Crippen molar-refractivity contribution in [2.75, 3.05) is 27.1 Å². The smallest absolute Gasteiger partial charge is 0.231 e. The van der Waals surface area contributed by atoms with E-state index in [1.807, 2.05) is 54.6 Å². The molecule has 208 valence electrons. The number of hydrogen-bond acceptors (Lipinski definition) is 7. The van der Waals surface area contributed by atoms with Crippen molar-refractivity contribution < 1.29 is 32.7 Å². The Morgan fingerprint density at radius 1 is 0.881 bits per heavy atom. The number of fused-ring (bicyclic) bond motifs is 6. The zero-order valence-electron chi connectivity index (χ0n) is 23.0. The summed E-state index contributed by atoms with van der Waals surface area (Å²) in [6.07, 6.45) is 3.07. The number of methoxy groups -OCH3 is 1. The number of oxazole rings is 1. The first-order valence-electron chi connectivity index (χ1n) is 13.9. The normalized spacial score (nSPS) is 13.2. The SMILES string of the molecule is COc1ccc2cc3[n+](cc2c1OCCOc1ccc(-c2nc4ccccc4o2)cc1)CCc1cc2c(cc1-3)OCO2. The molecule has 0 unspecified atom stereocenters. The van der Waals surface area contributed by atoms with Gasteiger partial charge in [-0.25, -0.2) is 4.98 Å². The fraction of sp³-hybridized carbons (Fsp3) is 0.176. The van der Waals surface area contributed by atoms with Crippen molar-refractivity contribution in [1.29, 1.82) is 0 Å². The molecule has 0 spiro atoms. The van der Waals surface area contributed by atoms with Crippen molar-refractivity contribution in [3.05, 3.63) is 90.6 Å². The van der Waals surface area contributed by atoms with Crippen LogP contribution in [-0.2, 0) is 13.0 Å². The number of ether oxygens (including phenoxy) is 5. The molecule has 0 radical (unpaired) electrons. The third-order valence-electron chi connectivity index (χ3n) is 7.79. The van der Waals surface area contributed by atoms with Gasteiger partial charge in [-0.05, 0) is 71.6 Å². The second-order valence-corrected chi connectivity index (χ2v) is 10.3. The van der Waals surface area contributed by atoms with E-state index in [9.17, 15) is 0 Å². The highest BCUT2D eigenvalue weighted by Crippen LogP contribution is 2.41. The van der Waals surface area contributed by atoms with E-state index in [0.717, 1.165) is 63.3 Å². The molecule has 0 bridgehead atoms. The molecule has 8 rings (SSSR count). The van der Waals surface area contributed by atoms with Gasteiger partial charge in [0.1, 0.15) is 24.5 Å². The largest absolute Gasteiger partial charge is 0.493 e. The van der Waals surface area contributed by atoms with E-state index in [0.29, 0.717) is 30.6 Å². The molecule has 8 heteroatoms. The third kappa shape index (κ3) is 4.23. The van der Waals surface area contributed by atoms with Gasteiger partial charge in [-0.15, -0.1) is 0 Å². The number of pyridine rings is 1. The monoisotopic (exact) mass is 559 g/mol. The van der Waals surface area contributed by atoms with Gasteiger partial charge in [0.15, 0.2) is 41.3 Å². The molecule has 0 fully saturated rings. The zero-order valence-corrected chi connectivity index (χ0v) is 23.0. The first kappa shape index (κ1) is 24.5. The maximum Gasteiger partial charge on any atom is 0.231 e. The Kier molecular flexibility index (Phi) is 5.84. The summed E-state index contributed by atoms with van der Waals surface area (Å²) in [7, 11) is 1.66.